The minimum Gasteiger partial charge on any atom is -0.481 e. The van der Waals surface area contributed by atoms with E-state index >= 15 is 0 Å². The van der Waals surface area contributed by atoms with Gasteiger partial charge in [0.1, 0.15) is 0 Å². The zero-order valence-corrected chi connectivity index (χ0v) is 13.4. The summed E-state index contributed by atoms with van der Waals surface area (Å²) in [5, 5.41) is 9.29. The Kier molecular flexibility index (Phi) is 4.03. The third kappa shape index (κ3) is 2.79. The van der Waals surface area contributed by atoms with Crippen LogP contribution < -0.4 is 0 Å². The van der Waals surface area contributed by atoms with E-state index in [4.69, 9.17) is 0 Å². The molecule has 3 rings (SSSR count). The highest BCUT2D eigenvalue weighted by Crippen LogP contribution is 2.44. The third-order valence-electron chi connectivity index (χ3n) is 4.81. The van der Waals surface area contributed by atoms with Crippen LogP contribution in [0.5, 0.6) is 0 Å². The van der Waals surface area contributed by atoms with Gasteiger partial charge in [-0.2, -0.15) is 0 Å². The summed E-state index contributed by atoms with van der Waals surface area (Å²) in [5.74, 6) is -1.03. The molecule has 3 heteroatoms. The molecule has 0 bridgehead atoms. The van der Waals surface area contributed by atoms with Crippen LogP contribution in [0.4, 0.5) is 0 Å². The monoisotopic (exact) mass is 308 g/mol. The predicted octanol–water partition coefficient (Wildman–Crippen LogP) is 4.11. The second kappa shape index (κ2) is 5.99. The van der Waals surface area contributed by atoms with Crippen LogP contribution in [0.15, 0.2) is 42.5 Å². The van der Waals surface area contributed by atoms with Crippen molar-refractivity contribution in [2.24, 2.45) is 5.92 Å². The van der Waals surface area contributed by atoms with Crippen molar-refractivity contribution in [3.05, 3.63) is 70.3 Å². The van der Waals surface area contributed by atoms with Gasteiger partial charge >= 0.3 is 5.97 Å². The van der Waals surface area contributed by atoms with Crippen molar-refractivity contribution in [1.82, 2.24) is 0 Å². The fourth-order valence-corrected chi connectivity index (χ4v) is 3.80. The number of benzene rings is 2. The molecule has 0 amide bonds. The van der Waals surface area contributed by atoms with E-state index < -0.39 is 5.97 Å². The maximum absolute atomic E-state index is 12.5. The number of carbonyl (C=O) groups excluding carboxylic acids is 1. The Bertz CT molecular complexity index is 776. The van der Waals surface area contributed by atoms with Crippen molar-refractivity contribution in [3.63, 3.8) is 0 Å². The number of hydrogen-bond donors (Lipinski definition) is 1. The number of aliphatic carboxylic acids is 1. The van der Waals surface area contributed by atoms with Gasteiger partial charge in [0.2, 0.25) is 0 Å². The molecule has 1 aliphatic rings. The highest BCUT2D eigenvalue weighted by atomic mass is 16.4. The van der Waals surface area contributed by atoms with Crippen molar-refractivity contribution in [2.45, 2.75) is 32.6 Å². The summed E-state index contributed by atoms with van der Waals surface area (Å²) >= 11 is 0. The first kappa shape index (κ1) is 15.5. The second-order valence-electron chi connectivity index (χ2n) is 6.36. The number of carboxylic acids is 1. The minimum absolute atomic E-state index is 0.0124. The lowest BCUT2D eigenvalue weighted by atomic mass is 9.68. The lowest BCUT2D eigenvalue weighted by molar-refractivity contribution is -0.138. The zero-order chi connectivity index (χ0) is 16.6. The van der Waals surface area contributed by atoms with Crippen LogP contribution in [-0.4, -0.2) is 16.9 Å². The number of fused-ring (bicyclic) bond motifs is 1. The lowest BCUT2D eigenvalue weighted by Gasteiger charge is -2.34. The molecule has 0 heterocycles. The Hall–Kier alpha value is -2.42. The van der Waals surface area contributed by atoms with Crippen molar-refractivity contribution in [2.75, 3.05) is 0 Å². The second-order valence-corrected chi connectivity index (χ2v) is 6.36. The van der Waals surface area contributed by atoms with Crippen LogP contribution in [0.1, 0.15) is 51.4 Å². The van der Waals surface area contributed by atoms with E-state index in [0.29, 0.717) is 6.42 Å². The molecule has 23 heavy (non-hydrogen) atoms. The van der Waals surface area contributed by atoms with Gasteiger partial charge in [-0.25, -0.2) is 0 Å². The van der Waals surface area contributed by atoms with Gasteiger partial charge in [0.15, 0.2) is 5.78 Å². The average molecular weight is 308 g/mol. The van der Waals surface area contributed by atoms with Crippen LogP contribution in [0.2, 0.25) is 0 Å². The molecule has 2 atom stereocenters. The Morgan fingerprint density at radius 3 is 2.48 bits per heavy atom. The van der Waals surface area contributed by atoms with Crippen molar-refractivity contribution in [1.29, 1.82) is 0 Å². The number of carbonyl (C=O) groups is 2. The standard InChI is InChI=1S/C20H20O3/c1-12-6-3-4-8-15(12)20-14(11-18(22)23)10-17(21)16-9-5-7-13(2)19(16)20/h3-9,14,20H,10-11H2,1-2H3,(H,22,23)/t14-,20+/m0/s1. The lowest BCUT2D eigenvalue weighted by Crippen LogP contribution is -2.29. The van der Waals surface area contributed by atoms with Crippen molar-refractivity contribution >= 4 is 11.8 Å². The summed E-state index contributed by atoms with van der Waals surface area (Å²) in [6, 6.07) is 13.8. The fourth-order valence-electron chi connectivity index (χ4n) is 3.80. The highest BCUT2D eigenvalue weighted by molar-refractivity contribution is 6.00. The van der Waals surface area contributed by atoms with Gasteiger partial charge < -0.3 is 5.11 Å². The summed E-state index contributed by atoms with van der Waals surface area (Å²) in [5.41, 5.74) is 5.07. The maximum Gasteiger partial charge on any atom is 0.303 e. The average Bonchev–Trinajstić information content (AvgIpc) is 2.49. The summed E-state index contributed by atoms with van der Waals surface area (Å²) in [6.45, 7) is 4.04. The van der Waals surface area contributed by atoms with Gasteiger partial charge in [0, 0.05) is 24.3 Å². The molecule has 1 N–H and O–H groups in total. The molecular formula is C20H20O3. The summed E-state index contributed by atoms with van der Waals surface area (Å²) < 4.78 is 0. The smallest absolute Gasteiger partial charge is 0.303 e. The van der Waals surface area contributed by atoms with Crippen LogP contribution in [0.3, 0.4) is 0 Å². The van der Waals surface area contributed by atoms with Crippen molar-refractivity contribution < 1.29 is 14.7 Å². The normalized spacial score (nSPS) is 20.2. The molecule has 2 aromatic rings. The van der Waals surface area contributed by atoms with Crippen LogP contribution in [-0.2, 0) is 4.79 Å². The number of hydrogen-bond acceptors (Lipinski definition) is 2. The van der Waals surface area contributed by atoms with E-state index in [9.17, 15) is 14.7 Å². The first-order valence-corrected chi connectivity index (χ1v) is 7.89. The number of Topliss-reactive ketones (excluding diaryl/α,β-unsaturated/α-hetero) is 1. The fraction of sp³-hybridized carbons (Fsp3) is 0.300. The van der Waals surface area contributed by atoms with Gasteiger partial charge in [0.25, 0.3) is 0 Å². The molecule has 0 aromatic heterocycles. The van der Waals surface area contributed by atoms with Gasteiger partial charge in [-0.15, -0.1) is 0 Å². The van der Waals surface area contributed by atoms with Gasteiger partial charge in [-0.3, -0.25) is 9.59 Å². The Morgan fingerprint density at radius 2 is 1.78 bits per heavy atom. The summed E-state index contributed by atoms with van der Waals surface area (Å²) in [6.07, 6.45) is 0.306. The Labute approximate surface area is 136 Å². The molecule has 0 fully saturated rings. The molecule has 0 aliphatic heterocycles. The topological polar surface area (TPSA) is 54.4 Å². The zero-order valence-electron chi connectivity index (χ0n) is 13.4. The SMILES string of the molecule is Cc1ccccc1[C@@H]1c2c(C)cccc2C(=O)C[C@H]1CC(=O)O. The van der Waals surface area contributed by atoms with Crippen LogP contribution in [0, 0.1) is 19.8 Å². The highest BCUT2D eigenvalue weighted by Gasteiger charge is 2.37. The number of ketones is 1. The Morgan fingerprint density at radius 1 is 1.09 bits per heavy atom. The van der Waals surface area contributed by atoms with E-state index in [2.05, 4.69) is 6.07 Å². The van der Waals surface area contributed by atoms with E-state index in [1.165, 1.54) is 0 Å². The van der Waals surface area contributed by atoms with Gasteiger partial charge in [-0.05, 0) is 42.0 Å². The number of carboxylic acid groups (broad SMARTS) is 1. The van der Waals surface area contributed by atoms with E-state index in [1.807, 2.05) is 50.2 Å². The molecular weight excluding hydrogens is 288 g/mol. The number of rotatable bonds is 3. The van der Waals surface area contributed by atoms with Gasteiger partial charge in [-0.1, -0.05) is 42.5 Å². The molecule has 1 aliphatic carbocycles. The molecule has 0 saturated heterocycles. The molecule has 0 saturated carbocycles. The summed E-state index contributed by atoms with van der Waals surface area (Å²) in [4.78, 5) is 23.8. The first-order valence-electron chi connectivity index (χ1n) is 7.89. The molecule has 0 radical (unpaired) electrons. The number of aryl methyl sites for hydroxylation is 2. The van der Waals surface area contributed by atoms with E-state index in [-0.39, 0.29) is 24.0 Å². The first-order chi connectivity index (χ1) is 11.0. The molecule has 0 unspecified atom stereocenters. The molecule has 2 aromatic carbocycles. The summed E-state index contributed by atoms with van der Waals surface area (Å²) in [7, 11) is 0. The largest absolute Gasteiger partial charge is 0.481 e. The third-order valence-corrected chi connectivity index (χ3v) is 4.81. The quantitative estimate of drug-likeness (QED) is 0.928. The predicted molar refractivity (Wildman–Crippen MR) is 88.9 cm³/mol. The maximum atomic E-state index is 12.5. The molecule has 0 spiro atoms. The Balaban J connectivity index is 2.22. The van der Waals surface area contributed by atoms with Crippen molar-refractivity contribution in [3.8, 4) is 0 Å². The van der Waals surface area contributed by atoms with Crippen LogP contribution in [0.25, 0.3) is 0 Å². The van der Waals surface area contributed by atoms with Crippen LogP contribution >= 0.6 is 0 Å². The van der Waals surface area contributed by atoms with E-state index in [0.717, 1.165) is 27.8 Å². The molecule has 118 valence electrons. The molecule has 3 nitrogen and oxygen atoms in total. The minimum atomic E-state index is -0.849. The van der Waals surface area contributed by atoms with E-state index in [1.54, 1.807) is 0 Å². The van der Waals surface area contributed by atoms with Gasteiger partial charge in [0.05, 0.1) is 0 Å².